The van der Waals surface area contributed by atoms with Crippen molar-refractivity contribution in [3.05, 3.63) is 47.8 Å². The maximum absolute atomic E-state index is 13.8. The number of carbonyl (C=O) groups excluding carboxylic acids is 3. The predicted octanol–water partition coefficient (Wildman–Crippen LogP) is 4.10. The molecule has 10 heteroatoms. The van der Waals surface area contributed by atoms with Crippen LogP contribution in [0.15, 0.2) is 36.5 Å². The van der Waals surface area contributed by atoms with Crippen LogP contribution in [0.5, 0.6) is 0 Å². The molecule has 1 aromatic carbocycles. The molecule has 244 valence electrons. The number of hydrogen-bond acceptors (Lipinski definition) is 8. The summed E-state index contributed by atoms with van der Waals surface area (Å²) in [5.74, 6) is 0.440. The molecule has 0 spiro atoms. The maximum Gasteiger partial charge on any atom is 0.320 e. The summed E-state index contributed by atoms with van der Waals surface area (Å²) < 4.78 is 10.6. The Labute approximate surface area is 267 Å². The van der Waals surface area contributed by atoms with Gasteiger partial charge in [-0.2, -0.15) is 0 Å². The number of amides is 2. The molecular weight excluding hydrogens is 570 g/mol. The molecule has 1 aromatic heterocycles. The Morgan fingerprint density at radius 2 is 1.64 bits per heavy atom. The molecule has 3 saturated heterocycles. The average molecular weight is 620 g/mol. The fourth-order valence-electron chi connectivity index (χ4n) is 6.63. The number of nitrogens with zero attached hydrogens (tertiary/aromatic N) is 4. The largest absolute Gasteiger partial charge is 0.465 e. The van der Waals surface area contributed by atoms with Crippen molar-refractivity contribution in [2.45, 2.75) is 52.4 Å². The molecule has 0 bridgehead atoms. The van der Waals surface area contributed by atoms with Crippen molar-refractivity contribution >= 4 is 23.5 Å². The summed E-state index contributed by atoms with van der Waals surface area (Å²) in [4.78, 5) is 50.0. The van der Waals surface area contributed by atoms with Gasteiger partial charge >= 0.3 is 5.97 Å². The first-order valence-electron chi connectivity index (χ1n) is 16.8. The second-order valence-corrected chi connectivity index (χ2v) is 12.6. The normalized spacial score (nSPS) is 18.9. The van der Waals surface area contributed by atoms with Crippen LogP contribution in [0.4, 0.5) is 5.69 Å². The van der Waals surface area contributed by atoms with E-state index in [0.717, 1.165) is 76.0 Å². The molecule has 0 unspecified atom stereocenters. The molecule has 2 aromatic rings. The Morgan fingerprint density at radius 1 is 0.911 bits per heavy atom. The number of carbonyl (C=O) groups is 3. The van der Waals surface area contributed by atoms with Crippen molar-refractivity contribution in [1.29, 1.82) is 0 Å². The zero-order valence-corrected chi connectivity index (χ0v) is 27.0. The van der Waals surface area contributed by atoms with Crippen molar-refractivity contribution in [1.82, 2.24) is 19.7 Å². The van der Waals surface area contributed by atoms with E-state index >= 15 is 0 Å². The number of likely N-dealkylation sites (tertiary alicyclic amines) is 1. The molecule has 4 heterocycles. The number of hydrogen-bond donors (Lipinski definition) is 1. The molecule has 45 heavy (non-hydrogen) atoms. The van der Waals surface area contributed by atoms with Crippen LogP contribution in [0, 0.1) is 11.8 Å². The second-order valence-electron chi connectivity index (χ2n) is 12.6. The van der Waals surface area contributed by atoms with Crippen molar-refractivity contribution in [3.8, 4) is 11.1 Å². The fraction of sp³-hybridized carbons (Fsp3) is 0.600. The van der Waals surface area contributed by atoms with Gasteiger partial charge in [0, 0.05) is 77.2 Å². The summed E-state index contributed by atoms with van der Waals surface area (Å²) in [7, 11) is 0. The summed E-state index contributed by atoms with van der Waals surface area (Å²) in [6.07, 6.45) is 6.71. The van der Waals surface area contributed by atoms with Gasteiger partial charge in [0.25, 0.3) is 5.91 Å². The number of rotatable bonds is 11. The van der Waals surface area contributed by atoms with E-state index in [1.54, 1.807) is 6.20 Å². The van der Waals surface area contributed by atoms with Crippen LogP contribution in [0.2, 0.25) is 0 Å². The minimum atomic E-state index is -0.153. The lowest BCUT2D eigenvalue weighted by atomic mass is 9.95. The van der Waals surface area contributed by atoms with Gasteiger partial charge in [-0.25, -0.2) is 4.98 Å². The van der Waals surface area contributed by atoms with Crippen LogP contribution in [0.25, 0.3) is 11.1 Å². The van der Waals surface area contributed by atoms with E-state index in [4.69, 9.17) is 9.47 Å². The predicted molar refractivity (Wildman–Crippen MR) is 174 cm³/mol. The Balaban J connectivity index is 1.20. The molecule has 2 amide bonds. The first kappa shape index (κ1) is 33.0. The van der Waals surface area contributed by atoms with E-state index in [1.807, 2.05) is 30.0 Å². The number of esters is 1. The number of piperazine rings is 1. The van der Waals surface area contributed by atoms with Crippen LogP contribution in [0.1, 0.15) is 62.0 Å². The molecule has 0 aliphatic carbocycles. The third kappa shape index (κ3) is 9.34. The third-order valence-corrected chi connectivity index (χ3v) is 9.39. The highest BCUT2D eigenvalue weighted by Gasteiger charge is 2.29. The third-order valence-electron chi connectivity index (χ3n) is 9.39. The van der Waals surface area contributed by atoms with Gasteiger partial charge in [-0.3, -0.25) is 19.3 Å². The van der Waals surface area contributed by atoms with Crippen LogP contribution in [-0.4, -0.2) is 110 Å². The SMILES string of the molecule is CCOC(=O)CN1CCN(CC2CCN(C(=O)c3ncc(-c4cccc(CC)c4)cc3NC(=O)CC3CCOCC3)CC2)CC1. The van der Waals surface area contributed by atoms with Crippen molar-refractivity contribution in [3.63, 3.8) is 0 Å². The number of pyridine rings is 1. The van der Waals surface area contributed by atoms with Gasteiger partial charge in [-0.15, -0.1) is 0 Å². The molecule has 3 fully saturated rings. The standard InChI is InChI=1S/C35H49N5O5/c1-3-26-6-5-7-29(20-26)30-22-31(37-32(41)21-27-10-18-44-19-11-27)34(36-23-30)35(43)40-12-8-28(9-13-40)24-38-14-16-39(17-15-38)25-33(42)45-4-2/h5-7,20,22-23,27-28H,3-4,8-19,21,24-25H2,1-2H3,(H,37,41). The van der Waals surface area contributed by atoms with Gasteiger partial charge in [0.05, 0.1) is 18.8 Å². The first-order chi connectivity index (χ1) is 21.9. The number of anilines is 1. The van der Waals surface area contributed by atoms with E-state index < -0.39 is 0 Å². The van der Waals surface area contributed by atoms with Gasteiger partial charge in [0.15, 0.2) is 5.69 Å². The van der Waals surface area contributed by atoms with E-state index in [9.17, 15) is 14.4 Å². The molecule has 3 aliphatic rings. The van der Waals surface area contributed by atoms with Crippen LogP contribution < -0.4 is 5.32 Å². The minimum absolute atomic E-state index is 0.0849. The van der Waals surface area contributed by atoms with Crippen molar-refractivity contribution < 1.29 is 23.9 Å². The molecular formula is C35H49N5O5. The van der Waals surface area contributed by atoms with Gasteiger partial charge in [-0.1, -0.05) is 31.2 Å². The fourth-order valence-corrected chi connectivity index (χ4v) is 6.63. The maximum atomic E-state index is 13.8. The average Bonchev–Trinajstić information content (AvgIpc) is 3.06. The Morgan fingerprint density at radius 3 is 2.36 bits per heavy atom. The Kier molecular flexibility index (Phi) is 12.0. The van der Waals surface area contributed by atoms with Gasteiger partial charge in [-0.05, 0) is 68.1 Å². The number of aryl methyl sites for hydroxylation is 1. The van der Waals surface area contributed by atoms with Gasteiger partial charge in [0.1, 0.15) is 0 Å². The highest BCUT2D eigenvalue weighted by molar-refractivity contribution is 6.03. The molecule has 0 radical (unpaired) electrons. The van der Waals surface area contributed by atoms with E-state index in [0.29, 0.717) is 63.2 Å². The number of benzene rings is 1. The lowest BCUT2D eigenvalue weighted by Gasteiger charge is -2.38. The van der Waals surface area contributed by atoms with Crippen molar-refractivity contribution in [2.75, 3.05) is 77.5 Å². The molecule has 1 N–H and O–H groups in total. The lowest BCUT2D eigenvalue weighted by Crippen LogP contribution is -2.50. The van der Waals surface area contributed by atoms with Crippen LogP contribution in [0.3, 0.4) is 0 Å². The van der Waals surface area contributed by atoms with Gasteiger partial charge in [0.2, 0.25) is 5.91 Å². The Bertz CT molecular complexity index is 1300. The topological polar surface area (TPSA) is 104 Å². The smallest absolute Gasteiger partial charge is 0.320 e. The number of ether oxygens (including phenoxy) is 2. The highest BCUT2D eigenvalue weighted by Crippen LogP contribution is 2.28. The quantitative estimate of drug-likeness (QED) is 0.375. The van der Waals surface area contributed by atoms with E-state index in [-0.39, 0.29) is 23.7 Å². The zero-order valence-electron chi connectivity index (χ0n) is 27.0. The molecule has 0 saturated carbocycles. The monoisotopic (exact) mass is 619 g/mol. The lowest BCUT2D eigenvalue weighted by molar-refractivity contribution is -0.144. The molecule has 10 nitrogen and oxygen atoms in total. The molecule has 3 aliphatic heterocycles. The van der Waals surface area contributed by atoms with Crippen LogP contribution in [-0.2, 0) is 25.5 Å². The molecule has 0 atom stereocenters. The van der Waals surface area contributed by atoms with Crippen LogP contribution >= 0.6 is 0 Å². The zero-order chi connectivity index (χ0) is 31.6. The van der Waals surface area contributed by atoms with E-state index in [1.165, 1.54) is 5.56 Å². The first-order valence-corrected chi connectivity index (χ1v) is 16.8. The summed E-state index contributed by atoms with van der Waals surface area (Å²) in [6.45, 7) is 12.1. The summed E-state index contributed by atoms with van der Waals surface area (Å²) in [6, 6.07) is 10.2. The second kappa shape index (κ2) is 16.3. The summed E-state index contributed by atoms with van der Waals surface area (Å²) in [5, 5.41) is 3.07. The summed E-state index contributed by atoms with van der Waals surface area (Å²) >= 11 is 0. The number of nitrogens with one attached hydrogen (secondary N) is 1. The highest BCUT2D eigenvalue weighted by atomic mass is 16.5. The number of aromatic nitrogens is 1. The van der Waals surface area contributed by atoms with Crippen molar-refractivity contribution in [2.24, 2.45) is 11.8 Å². The minimum Gasteiger partial charge on any atom is -0.465 e. The number of piperidine rings is 1. The Hall–Kier alpha value is -3.34. The van der Waals surface area contributed by atoms with E-state index in [2.05, 4.69) is 39.2 Å². The molecule has 5 rings (SSSR count). The summed E-state index contributed by atoms with van der Waals surface area (Å²) in [5.41, 5.74) is 3.91. The van der Waals surface area contributed by atoms with Gasteiger partial charge < -0.3 is 24.6 Å².